The van der Waals surface area contributed by atoms with Gasteiger partial charge in [0.05, 0.1) is 11.9 Å². The van der Waals surface area contributed by atoms with Gasteiger partial charge in [0.15, 0.2) is 0 Å². The highest BCUT2D eigenvalue weighted by molar-refractivity contribution is 5.88. The van der Waals surface area contributed by atoms with E-state index >= 15 is 0 Å². The van der Waals surface area contributed by atoms with E-state index < -0.39 is 11.6 Å². The van der Waals surface area contributed by atoms with Crippen LogP contribution in [0.15, 0.2) is 6.20 Å². The van der Waals surface area contributed by atoms with Gasteiger partial charge < -0.3 is 14.7 Å². The van der Waals surface area contributed by atoms with Crippen molar-refractivity contribution in [1.29, 1.82) is 0 Å². The van der Waals surface area contributed by atoms with Gasteiger partial charge in [0.1, 0.15) is 11.2 Å². The minimum Gasteiger partial charge on any atom is -0.478 e. The monoisotopic (exact) mass is 309 g/mol. The number of rotatable bonds is 2. The summed E-state index contributed by atoms with van der Waals surface area (Å²) in [4.78, 5) is 25.0. The molecule has 1 saturated heterocycles. The van der Waals surface area contributed by atoms with Gasteiger partial charge in [-0.3, -0.25) is 4.68 Å². The first-order valence-electron chi connectivity index (χ1n) is 7.42. The Labute approximate surface area is 129 Å². The normalized spacial score (nSPS) is 16.6. The molecular weight excluding hydrogens is 286 g/mol. The Kier molecular flexibility index (Phi) is 4.44. The molecule has 2 rings (SSSR count). The number of hydrogen-bond donors (Lipinski definition) is 1. The fourth-order valence-electron chi connectivity index (χ4n) is 2.76. The van der Waals surface area contributed by atoms with E-state index in [2.05, 4.69) is 5.10 Å². The maximum atomic E-state index is 12.0. The third kappa shape index (κ3) is 3.58. The summed E-state index contributed by atoms with van der Waals surface area (Å²) >= 11 is 0. The Balaban J connectivity index is 2.02. The van der Waals surface area contributed by atoms with Gasteiger partial charge in [0, 0.05) is 26.1 Å². The third-order valence-electron chi connectivity index (χ3n) is 3.75. The van der Waals surface area contributed by atoms with E-state index in [9.17, 15) is 14.7 Å². The van der Waals surface area contributed by atoms with Gasteiger partial charge >= 0.3 is 12.1 Å². The third-order valence-corrected chi connectivity index (χ3v) is 3.75. The predicted octanol–water partition coefficient (Wildman–Crippen LogP) is 2.23. The van der Waals surface area contributed by atoms with Crippen molar-refractivity contribution in [1.82, 2.24) is 14.7 Å². The summed E-state index contributed by atoms with van der Waals surface area (Å²) in [6.45, 7) is 6.64. The van der Waals surface area contributed by atoms with Crippen LogP contribution < -0.4 is 0 Å². The molecule has 0 unspecified atom stereocenters. The number of carbonyl (C=O) groups is 2. The van der Waals surface area contributed by atoms with Gasteiger partial charge in [0.25, 0.3) is 0 Å². The molecule has 0 aliphatic carbocycles. The van der Waals surface area contributed by atoms with Crippen LogP contribution in [0.5, 0.6) is 0 Å². The van der Waals surface area contributed by atoms with E-state index in [0.717, 1.165) is 5.69 Å². The van der Waals surface area contributed by atoms with Gasteiger partial charge in [-0.2, -0.15) is 5.10 Å². The second-order valence-electron chi connectivity index (χ2n) is 6.61. The van der Waals surface area contributed by atoms with Crippen molar-refractivity contribution >= 4 is 12.1 Å². The molecule has 122 valence electrons. The van der Waals surface area contributed by atoms with Crippen molar-refractivity contribution in [2.75, 3.05) is 13.1 Å². The van der Waals surface area contributed by atoms with E-state index in [4.69, 9.17) is 4.74 Å². The minimum absolute atomic E-state index is 0.0947. The number of ether oxygens (including phenoxy) is 1. The molecular formula is C15H23N3O4. The average molecular weight is 309 g/mol. The lowest BCUT2D eigenvalue weighted by Crippen LogP contribution is -2.41. The Bertz CT molecular complexity index is 566. The molecule has 7 heteroatoms. The highest BCUT2D eigenvalue weighted by atomic mass is 16.6. The summed E-state index contributed by atoms with van der Waals surface area (Å²) in [6, 6.07) is 0. The largest absolute Gasteiger partial charge is 0.478 e. The van der Waals surface area contributed by atoms with E-state index in [1.54, 1.807) is 16.6 Å². The summed E-state index contributed by atoms with van der Waals surface area (Å²) in [6.07, 6.45) is 2.49. The molecule has 7 nitrogen and oxygen atoms in total. The van der Waals surface area contributed by atoms with Crippen LogP contribution in [0.1, 0.15) is 55.6 Å². The standard InChI is InChI=1S/C15H23N3O4/c1-15(2,3)22-14(21)18-7-5-10(6-8-18)12-11(13(19)20)9-16-17(12)4/h9-10H,5-8H2,1-4H3,(H,19,20). The minimum atomic E-state index is -0.960. The molecule has 1 aromatic heterocycles. The number of piperidine rings is 1. The first kappa shape index (κ1) is 16.3. The van der Waals surface area contributed by atoms with Crippen molar-refractivity contribution in [3.8, 4) is 0 Å². The maximum absolute atomic E-state index is 12.0. The Morgan fingerprint density at radius 1 is 1.32 bits per heavy atom. The molecule has 0 bridgehead atoms. The summed E-state index contributed by atoms with van der Waals surface area (Å²) in [7, 11) is 1.75. The summed E-state index contributed by atoms with van der Waals surface area (Å²) in [5, 5.41) is 13.3. The topological polar surface area (TPSA) is 84.7 Å². The van der Waals surface area contributed by atoms with Crippen LogP contribution in [0.2, 0.25) is 0 Å². The zero-order chi connectivity index (χ0) is 16.5. The quantitative estimate of drug-likeness (QED) is 0.905. The summed E-state index contributed by atoms with van der Waals surface area (Å²) in [5.41, 5.74) is 0.474. The first-order valence-corrected chi connectivity index (χ1v) is 7.42. The molecule has 0 spiro atoms. The van der Waals surface area contributed by atoms with Crippen LogP contribution in [0.4, 0.5) is 4.79 Å². The van der Waals surface area contributed by atoms with Crippen LogP contribution >= 0.6 is 0 Å². The zero-order valence-electron chi connectivity index (χ0n) is 13.5. The van der Waals surface area contributed by atoms with Crippen molar-refractivity contribution in [3.63, 3.8) is 0 Å². The number of aromatic carboxylic acids is 1. The second kappa shape index (κ2) is 5.98. The Hall–Kier alpha value is -2.05. The predicted molar refractivity (Wildman–Crippen MR) is 79.9 cm³/mol. The van der Waals surface area contributed by atoms with Crippen LogP contribution in [-0.2, 0) is 11.8 Å². The number of amides is 1. The highest BCUT2D eigenvalue weighted by Gasteiger charge is 2.31. The van der Waals surface area contributed by atoms with Crippen LogP contribution in [0.3, 0.4) is 0 Å². The van der Waals surface area contributed by atoms with Crippen LogP contribution in [-0.4, -0.2) is 50.5 Å². The van der Waals surface area contributed by atoms with Gasteiger partial charge in [-0.05, 0) is 33.6 Å². The van der Waals surface area contributed by atoms with E-state index in [1.165, 1.54) is 6.20 Å². The van der Waals surface area contributed by atoms with Crippen molar-refractivity contribution in [3.05, 3.63) is 17.5 Å². The van der Waals surface area contributed by atoms with Crippen molar-refractivity contribution in [2.45, 2.75) is 45.1 Å². The molecule has 1 amide bonds. The number of carboxylic acids is 1. The fraction of sp³-hybridized carbons (Fsp3) is 0.667. The number of aromatic nitrogens is 2. The number of carboxylic acid groups (broad SMARTS) is 1. The fourth-order valence-corrected chi connectivity index (χ4v) is 2.76. The SMILES string of the molecule is Cn1ncc(C(=O)O)c1C1CCN(C(=O)OC(C)(C)C)CC1. The first-order chi connectivity index (χ1) is 10.2. The molecule has 1 N–H and O–H groups in total. The molecule has 22 heavy (non-hydrogen) atoms. The van der Waals surface area contributed by atoms with Crippen LogP contribution in [0.25, 0.3) is 0 Å². The molecule has 1 aliphatic rings. The van der Waals surface area contributed by atoms with Gasteiger partial charge in [-0.1, -0.05) is 0 Å². The molecule has 1 aliphatic heterocycles. The van der Waals surface area contributed by atoms with Crippen LogP contribution in [0, 0.1) is 0 Å². The van der Waals surface area contributed by atoms with Gasteiger partial charge in [-0.25, -0.2) is 9.59 Å². The number of likely N-dealkylation sites (tertiary alicyclic amines) is 1. The van der Waals surface area contributed by atoms with Gasteiger partial charge in [0.2, 0.25) is 0 Å². The van der Waals surface area contributed by atoms with Gasteiger partial charge in [-0.15, -0.1) is 0 Å². The Morgan fingerprint density at radius 3 is 2.41 bits per heavy atom. The molecule has 0 saturated carbocycles. The molecule has 0 aromatic carbocycles. The number of nitrogens with zero attached hydrogens (tertiary/aromatic N) is 3. The second-order valence-corrected chi connectivity index (χ2v) is 6.61. The molecule has 2 heterocycles. The zero-order valence-corrected chi connectivity index (χ0v) is 13.5. The van der Waals surface area contributed by atoms with Crippen molar-refractivity contribution in [2.24, 2.45) is 7.05 Å². The smallest absolute Gasteiger partial charge is 0.410 e. The van der Waals surface area contributed by atoms with E-state index in [0.29, 0.717) is 25.9 Å². The lowest BCUT2D eigenvalue weighted by Gasteiger charge is -2.33. The molecule has 0 atom stereocenters. The molecule has 1 fully saturated rings. The molecule has 0 radical (unpaired) electrons. The number of carbonyl (C=O) groups excluding carboxylic acids is 1. The lowest BCUT2D eigenvalue weighted by atomic mass is 9.91. The van der Waals surface area contributed by atoms with E-state index in [-0.39, 0.29) is 17.6 Å². The number of hydrogen-bond acceptors (Lipinski definition) is 4. The number of aryl methyl sites for hydroxylation is 1. The summed E-state index contributed by atoms with van der Waals surface area (Å²) in [5.74, 6) is -0.866. The van der Waals surface area contributed by atoms with E-state index in [1.807, 2.05) is 20.8 Å². The maximum Gasteiger partial charge on any atom is 0.410 e. The molecule has 1 aromatic rings. The summed E-state index contributed by atoms with van der Waals surface area (Å²) < 4.78 is 6.99. The van der Waals surface area contributed by atoms with Crippen molar-refractivity contribution < 1.29 is 19.4 Å². The lowest BCUT2D eigenvalue weighted by molar-refractivity contribution is 0.0202. The highest BCUT2D eigenvalue weighted by Crippen LogP contribution is 2.30. The average Bonchev–Trinajstić information content (AvgIpc) is 2.79. The Morgan fingerprint density at radius 2 is 1.91 bits per heavy atom.